The predicted octanol–water partition coefficient (Wildman–Crippen LogP) is 4.27. The number of carbonyl (C=O) groups excluding carboxylic acids is 2. The second-order valence-corrected chi connectivity index (χ2v) is 6.78. The smallest absolute Gasteiger partial charge is 0.274 e. The molecule has 6 nitrogen and oxygen atoms in total. The summed E-state index contributed by atoms with van der Waals surface area (Å²) < 4.78 is 0. The Morgan fingerprint density at radius 3 is 2.31 bits per heavy atom. The van der Waals surface area contributed by atoms with Crippen LogP contribution < -0.4 is 10.2 Å². The Labute approximate surface area is 170 Å². The molecule has 3 aromatic rings. The molecular weight excluding hydrogens is 364 g/mol. The summed E-state index contributed by atoms with van der Waals surface area (Å²) in [5.74, 6) is 0.188. The number of amides is 1. The van der Waals surface area contributed by atoms with Gasteiger partial charge in [0.2, 0.25) is 5.95 Å². The van der Waals surface area contributed by atoms with Gasteiger partial charge in [-0.1, -0.05) is 30.3 Å². The van der Waals surface area contributed by atoms with E-state index >= 15 is 0 Å². The van der Waals surface area contributed by atoms with E-state index in [2.05, 4.69) is 27.4 Å². The fourth-order valence-corrected chi connectivity index (χ4v) is 2.92. The first-order chi connectivity index (χ1) is 14.0. The first kappa shape index (κ1) is 20.2. The van der Waals surface area contributed by atoms with E-state index < -0.39 is 0 Å². The maximum Gasteiger partial charge on any atom is 0.274 e. The number of nitrogens with one attached hydrogen (secondary N) is 1. The lowest BCUT2D eigenvalue weighted by molar-refractivity contribution is 0.101. The van der Waals surface area contributed by atoms with Gasteiger partial charge in [0.1, 0.15) is 5.69 Å². The summed E-state index contributed by atoms with van der Waals surface area (Å²) in [5.41, 5.74) is 3.38. The quantitative estimate of drug-likeness (QED) is 0.612. The van der Waals surface area contributed by atoms with Crippen molar-refractivity contribution in [3.05, 3.63) is 83.2 Å². The molecule has 0 spiro atoms. The number of rotatable bonds is 7. The van der Waals surface area contributed by atoms with Crippen LogP contribution in [0.25, 0.3) is 0 Å². The van der Waals surface area contributed by atoms with E-state index in [9.17, 15) is 9.59 Å². The average Bonchev–Trinajstić information content (AvgIpc) is 2.72. The third-order valence-electron chi connectivity index (χ3n) is 4.51. The zero-order valence-electron chi connectivity index (χ0n) is 16.8. The topological polar surface area (TPSA) is 75.2 Å². The van der Waals surface area contributed by atoms with E-state index in [0.717, 1.165) is 11.3 Å². The van der Waals surface area contributed by atoms with Gasteiger partial charge in [-0.3, -0.25) is 9.59 Å². The molecule has 0 fully saturated rings. The molecule has 0 saturated heterocycles. The Kier molecular flexibility index (Phi) is 6.34. The van der Waals surface area contributed by atoms with Crippen LogP contribution in [-0.4, -0.2) is 28.2 Å². The largest absolute Gasteiger partial charge is 0.337 e. The second kappa shape index (κ2) is 9.10. The van der Waals surface area contributed by atoms with Gasteiger partial charge in [0, 0.05) is 30.0 Å². The number of aryl methyl sites for hydroxylation is 1. The highest BCUT2D eigenvalue weighted by atomic mass is 16.2. The lowest BCUT2D eigenvalue weighted by Gasteiger charge is -2.21. The highest BCUT2D eigenvalue weighted by Crippen LogP contribution is 2.16. The minimum Gasteiger partial charge on any atom is -0.337 e. The number of Topliss-reactive ketones (excluding diaryl/α,β-unsaturated/α-hetero) is 1. The lowest BCUT2D eigenvalue weighted by atomic mass is 10.1. The zero-order valence-corrected chi connectivity index (χ0v) is 16.8. The molecule has 0 atom stereocenters. The third-order valence-corrected chi connectivity index (χ3v) is 4.51. The standard InChI is InChI=1S/C23H24N4O2/c1-4-27(15-18-8-6-5-7-9-18)23-24-16(2)14-21(26-23)22(29)25-20-12-10-19(11-13-20)17(3)28/h5-14H,4,15H2,1-3H3,(H,25,29). The minimum absolute atomic E-state index is 0.0167. The number of hydrogen-bond donors (Lipinski definition) is 1. The summed E-state index contributed by atoms with van der Waals surface area (Å²) in [5, 5.41) is 2.83. The van der Waals surface area contributed by atoms with Crippen molar-refractivity contribution in [2.24, 2.45) is 0 Å². The number of nitrogens with zero attached hydrogens (tertiary/aromatic N) is 3. The van der Waals surface area contributed by atoms with E-state index in [-0.39, 0.29) is 11.7 Å². The van der Waals surface area contributed by atoms with Crippen molar-refractivity contribution in [3.8, 4) is 0 Å². The van der Waals surface area contributed by atoms with Gasteiger partial charge in [0.25, 0.3) is 5.91 Å². The molecule has 0 aliphatic carbocycles. The summed E-state index contributed by atoms with van der Waals surface area (Å²) in [4.78, 5) is 35.1. The summed E-state index contributed by atoms with van der Waals surface area (Å²) in [6.45, 7) is 6.76. The van der Waals surface area contributed by atoms with Gasteiger partial charge in [-0.05, 0) is 56.7 Å². The number of ketones is 1. The Morgan fingerprint density at radius 1 is 1.00 bits per heavy atom. The number of aromatic nitrogens is 2. The third kappa shape index (κ3) is 5.25. The molecule has 3 rings (SSSR count). The van der Waals surface area contributed by atoms with Gasteiger partial charge in [0.15, 0.2) is 5.78 Å². The minimum atomic E-state index is -0.317. The van der Waals surface area contributed by atoms with Crippen molar-refractivity contribution in [1.82, 2.24) is 9.97 Å². The zero-order chi connectivity index (χ0) is 20.8. The monoisotopic (exact) mass is 388 g/mol. The second-order valence-electron chi connectivity index (χ2n) is 6.78. The first-order valence-electron chi connectivity index (χ1n) is 9.53. The van der Waals surface area contributed by atoms with Crippen molar-refractivity contribution in [3.63, 3.8) is 0 Å². The summed E-state index contributed by atoms with van der Waals surface area (Å²) in [7, 11) is 0. The molecule has 1 amide bonds. The van der Waals surface area contributed by atoms with Gasteiger partial charge >= 0.3 is 0 Å². The van der Waals surface area contributed by atoms with E-state index in [4.69, 9.17) is 0 Å². The van der Waals surface area contributed by atoms with E-state index in [1.165, 1.54) is 6.92 Å². The maximum atomic E-state index is 12.7. The van der Waals surface area contributed by atoms with Crippen molar-refractivity contribution >= 4 is 23.3 Å². The molecule has 0 radical (unpaired) electrons. The van der Waals surface area contributed by atoms with Crippen LogP contribution in [0.1, 0.15) is 46.0 Å². The van der Waals surface area contributed by atoms with Gasteiger partial charge in [-0.15, -0.1) is 0 Å². The number of carbonyl (C=O) groups is 2. The first-order valence-corrected chi connectivity index (χ1v) is 9.53. The van der Waals surface area contributed by atoms with Crippen LogP contribution in [0.4, 0.5) is 11.6 Å². The number of benzene rings is 2. The Bertz CT molecular complexity index is 1000. The van der Waals surface area contributed by atoms with Gasteiger partial charge in [0.05, 0.1) is 0 Å². The fraction of sp³-hybridized carbons (Fsp3) is 0.217. The van der Waals surface area contributed by atoms with Crippen LogP contribution in [-0.2, 0) is 6.54 Å². The summed E-state index contributed by atoms with van der Waals surface area (Å²) in [6, 6.07) is 18.5. The molecule has 2 aromatic carbocycles. The van der Waals surface area contributed by atoms with Crippen molar-refractivity contribution in [2.45, 2.75) is 27.3 Å². The highest BCUT2D eigenvalue weighted by Gasteiger charge is 2.15. The summed E-state index contributed by atoms with van der Waals surface area (Å²) >= 11 is 0. The average molecular weight is 388 g/mol. The van der Waals surface area contributed by atoms with Crippen LogP contribution in [0, 0.1) is 6.92 Å². The molecule has 0 saturated carbocycles. The van der Waals surface area contributed by atoms with Crippen LogP contribution in [0.15, 0.2) is 60.7 Å². The van der Waals surface area contributed by atoms with Gasteiger partial charge in [-0.25, -0.2) is 9.97 Å². The molecule has 0 bridgehead atoms. The van der Waals surface area contributed by atoms with E-state index in [1.807, 2.05) is 36.9 Å². The highest BCUT2D eigenvalue weighted by molar-refractivity contribution is 6.03. The molecule has 0 aliphatic heterocycles. The molecule has 1 N–H and O–H groups in total. The fourth-order valence-electron chi connectivity index (χ4n) is 2.92. The van der Waals surface area contributed by atoms with Gasteiger partial charge < -0.3 is 10.2 Å². The van der Waals surface area contributed by atoms with Crippen molar-refractivity contribution < 1.29 is 9.59 Å². The molecule has 0 aliphatic rings. The predicted molar refractivity (Wildman–Crippen MR) is 114 cm³/mol. The van der Waals surface area contributed by atoms with E-state index in [0.29, 0.717) is 36.0 Å². The van der Waals surface area contributed by atoms with E-state index in [1.54, 1.807) is 30.3 Å². The van der Waals surface area contributed by atoms with Crippen molar-refractivity contribution in [2.75, 3.05) is 16.8 Å². The van der Waals surface area contributed by atoms with Crippen LogP contribution in [0.2, 0.25) is 0 Å². The molecule has 1 heterocycles. The number of anilines is 2. The molecule has 0 unspecified atom stereocenters. The number of hydrogen-bond acceptors (Lipinski definition) is 5. The summed E-state index contributed by atoms with van der Waals surface area (Å²) in [6.07, 6.45) is 0. The Morgan fingerprint density at radius 2 is 1.69 bits per heavy atom. The van der Waals surface area contributed by atoms with Crippen molar-refractivity contribution in [1.29, 1.82) is 0 Å². The molecule has 148 valence electrons. The maximum absolute atomic E-state index is 12.7. The normalized spacial score (nSPS) is 10.4. The Balaban J connectivity index is 1.79. The molecule has 1 aromatic heterocycles. The van der Waals surface area contributed by atoms with Crippen LogP contribution in [0.3, 0.4) is 0 Å². The van der Waals surface area contributed by atoms with Gasteiger partial charge in [-0.2, -0.15) is 0 Å². The molecule has 6 heteroatoms. The van der Waals surface area contributed by atoms with Crippen LogP contribution in [0.5, 0.6) is 0 Å². The van der Waals surface area contributed by atoms with Crippen LogP contribution >= 0.6 is 0 Å². The molecular formula is C23H24N4O2. The lowest BCUT2D eigenvalue weighted by Crippen LogP contribution is -2.26. The Hall–Kier alpha value is -3.54. The SMILES string of the molecule is CCN(Cc1ccccc1)c1nc(C)cc(C(=O)Nc2ccc(C(C)=O)cc2)n1. The molecule has 29 heavy (non-hydrogen) atoms.